The molecule has 0 aliphatic heterocycles. The summed E-state index contributed by atoms with van der Waals surface area (Å²) in [7, 11) is 0. The lowest BCUT2D eigenvalue weighted by Crippen LogP contribution is -2.32. The van der Waals surface area contributed by atoms with Crippen LogP contribution in [0, 0.1) is 0 Å². The third kappa shape index (κ3) is 5.76. The van der Waals surface area contributed by atoms with E-state index in [-0.39, 0.29) is 18.5 Å². The van der Waals surface area contributed by atoms with Crippen molar-refractivity contribution in [2.45, 2.75) is 32.0 Å². The highest BCUT2D eigenvalue weighted by atomic mass is 16.4. The second-order valence-corrected chi connectivity index (χ2v) is 8.35. The zero-order valence-corrected chi connectivity index (χ0v) is 18.8. The van der Waals surface area contributed by atoms with Gasteiger partial charge in [0.1, 0.15) is 0 Å². The Labute approximate surface area is 196 Å². The van der Waals surface area contributed by atoms with Gasteiger partial charge in [0.05, 0.1) is 6.42 Å². The average molecular weight is 436 g/mol. The molecule has 0 radical (unpaired) electrons. The van der Waals surface area contributed by atoms with Crippen LogP contribution in [0.3, 0.4) is 0 Å². The van der Waals surface area contributed by atoms with E-state index >= 15 is 0 Å². The van der Waals surface area contributed by atoms with Gasteiger partial charge in [0.2, 0.25) is 0 Å². The van der Waals surface area contributed by atoms with Crippen LogP contribution < -0.4 is 0 Å². The highest BCUT2D eigenvalue weighted by Gasteiger charge is 2.28. The van der Waals surface area contributed by atoms with Gasteiger partial charge in [-0.2, -0.15) is 0 Å². The Morgan fingerprint density at radius 3 is 1.79 bits per heavy atom. The molecule has 33 heavy (non-hydrogen) atoms. The molecule has 0 aliphatic rings. The first-order valence-electron chi connectivity index (χ1n) is 11.3. The summed E-state index contributed by atoms with van der Waals surface area (Å²) in [5, 5.41) is 9.82. The van der Waals surface area contributed by atoms with Gasteiger partial charge in [0.25, 0.3) is 0 Å². The Balaban J connectivity index is 1.72. The molecule has 0 bridgehead atoms. The molecule has 0 fully saturated rings. The minimum atomic E-state index is -0.801. The fourth-order valence-corrected chi connectivity index (χ4v) is 4.35. The Morgan fingerprint density at radius 1 is 0.697 bits per heavy atom. The van der Waals surface area contributed by atoms with Crippen LogP contribution in [0.15, 0.2) is 115 Å². The van der Waals surface area contributed by atoms with Crippen LogP contribution in [0.1, 0.15) is 42.1 Å². The van der Waals surface area contributed by atoms with Gasteiger partial charge < -0.3 is 5.11 Å². The van der Waals surface area contributed by atoms with Crippen LogP contribution in [0.2, 0.25) is 0 Å². The van der Waals surface area contributed by atoms with E-state index in [4.69, 9.17) is 0 Å². The number of carboxylic acid groups (broad SMARTS) is 1. The summed E-state index contributed by atoms with van der Waals surface area (Å²) >= 11 is 0. The van der Waals surface area contributed by atoms with Crippen molar-refractivity contribution >= 4 is 5.97 Å². The number of hydrogen-bond donors (Lipinski definition) is 1. The van der Waals surface area contributed by atoms with Crippen molar-refractivity contribution in [3.63, 3.8) is 0 Å². The molecule has 0 saturated carbocycles. The van der Waals surface area contributed by atoms with Gasteiger partial charge in [0, 0.05) is 18.6 Å². The lowest BCUT2D eigenvalue weighted by atomic mass is 9.95. The molecule has 4 aromatic carbocycles. The van der Waals surface area contributed by atoms with E-state index in [1.165, 1.54) is 5.56 Å². The monoisotopic (exact) mass is 435 g/mol. The van der Waals surface area contributed by atoms with E-state index in [2.05, 4.69) is 72.5 Å². The quantitative estimate of drug-likeness (QED) is 0.304. The van der Waals surface area contributed by atoms with E-state index in [0.29, 0.717) is 6.54 Å². The van der Waals surface area contributed by atoms with Gasteiger partial charge in [-0.3, -0.25) is 9.69 Å². The third-order valence-corrected chi connectivity index (χ3v) is 6.16. The number of carboxylic acids is 1. The zero-order chi connectivity index (χ0) is 23.0. The second kappa shape index (κ2) is 10.8. The highest BCUT2D eigenvalue weighted by Crippen LogP contribution is 2.35. The van der Waals surface area contributed by atoms with E-state index in [1.54, 1.807) is 0 Å². The summed E-state index contributed by atoms with van der Waals surface area (Å²) in [6, 6.07) is 38.9. The molecule has 0 aliphatic carbocycles. The molecule has 4 rings (SSSR count). The van der Waals surface area contributed by atoms with E-state index in [9.17, 15) is 9.90 Å². The fourth-order valence-electron chi connectivity index (χ4n) is 4.35. The predicted octanol–water partition coefficient (Wildman–Crippen LogP) is 7.13. The minimum Gasteiger partial charge on any atom is -0.481 e. The van der Waals surface area contributed by atoms with Gasteiger partial charge in [0.15, 0.2) is 0 Å². The average Bonchev–Trinajstić information content (AvgIpc) is 2.87. The van der Waals surface area contributed by atoms with Crippen molar-refractivity contribution in [1.29, 1.82) is 0 Å². The molecule has 2 atom stereocenters. The molecule has 0 aromatic heterocycles. The van der Waals surface area contributed by atoms with Crippen LogP contribution >= 0.6 is 0 Å². The van der Waals surface area contributed by atoms with Gasteiger partial charge in [-0.1, -0.05) is 115 Å². The first-order chi connectivity index (χ1) is 16.1. The Bertz CT molecular complexity index is 1140. The molecule has 0 spiro atoms. The molecule has 4 aromatic rings. The summed E-state index contributed by atoms with van der Waals surface area (Å²) < 4.78 is 0. The molecule has 0 heterocycles. The molecule has 0 amide bonds. The van der Waals surface area contributed by atoms with Crippen LogP contribution in [0.25, 0.3) is 11.1 Å². The van der Waals surface area contributed by atoms with Crippen molar-refractivity contribution in [3.05, 3.63) is 132 Å². The van der Waals surface area contributed by atoms with Crippen LogP contribution in [-0.4, -0.2) is 16.0 Å². The van der Waals surface area contributed by atoms with Crippen LogP contribution in [0.5, 0.6) is 0 Å². The summed E-state index contributed by atoms with van der Waals surface area (Å²) in [6.45, 7) is 2.82. The first kappa shape index (κ1) is 22.5. The van der Waals surface area contributed by atoms with Crippen molar-refractivity contribution in [3.8, 4) is 11.1 Å². The number of rotatable bonds is 9. The maximum Gasteiger partial charge on any atom is 0.305 e. The molecular formula is C30H29NO2. The van der Waals surface area contributed by atoms with Crippen LogP contribution in [0.4, 0.5) is 0 Å². The molecular weight excluding hydrogens is 406 g/mol. The van der Waals surface area contributed by atoms with Crippen molar-refractivity contribution in [2.24, 2.45) is 0 Å². The summed E-state index contributed by atoms with van der Waals surface area (Å²) in [6.07, 6.45) is 0.0364. The maximum atomic E-state index is 12.0. The number of hydrogen-bond acceptors (Lipinski definition) is 2. The smallest absolute Gasteiger partial charge is 0.305 e. The highest BCUT2D eigenvalue weighted by molar-refractivity contribution is 5.68. The number of carbonyl (C=O) groups is 1. The molecule has 3 nitrogen and oxygen atoms in total. The van der Waals surface area contributed by atoms with Gasteiger partial charge in [-0.25, -0.2) is 0 Å². The largest absolute Gasteiger partial charge is 0.481 e. The van der Waals surface area contributed by atoms with Gasteiger partial charge in [-0.05, 0) is 34.7 Å². The Hall–Kier alpha value is -3.69. The second-order valence-electron chi connectivity index (χ2n) is 8.35. The van der Waals surface area contributed by atoms with Gasteiger partial charge >= 0.3 is 5.97 Å². The van der Waals surface area contributed by atoms with E-state index in [0.717, 1.165) is 22.3 Å². The molecule has 1 N–H and O–H groups in total. The molecule has 166 valence electrons. The normalized spacial score (nSPS) is 12.9. The topological polar surface area (TPSA) is 40.5 Å². The maximum absolute atomic E-state index is 12.0. The number of benzene rings is 4. The van der Waals surface area contributed by atoms with Crippen molar-refractivity contribution in [1.82, 2.24) is 4.90 Å². The predicted molar refractivity (Wildman–Crippen MR) is 134 cm³/mol. The van der Waals surface area contributed by atoms with Crippen LogP contribution in [-0.2, 0) is 11.3 Å². The summed E-state index contributed by atoms with van der Waals surface area (Å²) in [5.74, 6) is -0.801. The first-order valence-corrected chi connectivity index (χ1v) is 11.3. The summed E-state index contributed by atoms with van der Waals surface area (Å²) in [5.41, 5.74) is 5.62. The van der Waals surface area contributed by atoms with Crippen molar-refractivity contribution in [2.75, 3.05) is 0 Å². The standard InChI is InChI=1S/C30H29NO2/c1-23(25-13-7-3-8-14-25)31(22-24-11-5-2-6-12-24)29(21-30(32)33)28-19-17-27(18-20-28)26-15-9-4-10-16-26/h2-20,23,29H,21-22H2,1H3,(H,32,33)/t23-,29+/m1/s1. The Morgan fingerprint density at radius 2 is 1.21 bits per heavy atom. The molecule has 3 heteroatoms. The lowest BCUT2D eigenvalue weighted by Gasteiger charge is -2.37. The fraction of sp³-hybridized carbons (Fsp3) is 0.167. The molecule has 0 saturated heterocycles. The number of aliphatic carboxylic acids is 1. The SMILES string of the molecule is C[C@H](c1ccccc1)N(Cc1ccccc1)[C@@H](CC(=O)O)c1ccc(-c2ccccc2)cc1. The zero-order valence-electron chi connectivity index (χ0n) is 18.8. The Kier molecular flexibility index (Phi) is 7.33. The summed E-state index contributed by atoms with van der Waals surface area (Å²) in [4.78, 5) is 14.3. The minimum absolute atomic E-state index is 0.0364. The molecule has 0 unspecified atom stereocenters. The van der Waals surface area contributed by atoms with E-state index in [1.807, 2.05) is 54.6 Å². The van der Waals surface area contributed by atoms with Gasteiger partial charge in [-0.15, -0.1) is 0 Å². The number of nitrogens with zero attached hydrogens (tertiary/aromatic N) is 1. The van der Waals surface area contributed by atoms with Crippen molar-refractivity contribution < 1.29 is 9.90 Å². The third-order valence-electron chi connectivity index (χ3n) is 6.16. The lowest BCUT2D eigenvalue weighted by molar-refractivity contribution is -0.138. The van der Waals surface area contributed by atoms with E-state index < -0.39 is 5.97 Å².